The van der Waals surface area contributed by atoms with E-state index < -0.39 is 23.0 Å². The molecule has 170 valence electrons. The first-order chi connectivity index (χ1) is 14.8. The number of nitrogens with zero attached hydrogens (tertiary/aromatic N) is 2. The van der Waals surface area contributed by atoms with Gasteiger partial charge in [-0.05, 0) is 50.7 Å². The van der Waals surface area contributed by atoms with Gasteiger partial charge in [0.15, 0.2) is 0 Å². The van der Waals surface area contributed by atoms with Gasteiger partial charge in [0.2, 0.25) is 11.8 Å². The molecule has 6 nitrogen and oxygen atoms in total. The zero-order valence-corrected chi connectivity index (χ0v) is 18.2. The van der Waals surface area contributed by atoms with Crippen molar-refractivity contribution in [3.63, 3.8) is 0 Å². The van der Waals surface area contributed by atoms with E-state index in [2.05, 4.69) is 0 Å². The van der Waals surface area contributed by atoms with Crippen molar-refractivity contribution < 1.29 is 27.9 Å². The van der Waals surface area contributed by atoms with Crippen LogP contribution in [0.5, 0.6) is 0 Å². The van der Waals surface area contributed by atoms with E-state index in [4.69, 9.17) is 4.74 Å². The summed E-state index contributed by atoms with van der Waals surface area (Å²) in [6, 6.07) is 3.33. The quantitative estimate of drug-likeness (QED) is 0.666. The molecular weight excluding hydrogens is 406 g/mol. The highest BCUT2D eigenvalue weighted by Crippen LogP contribution is 2.37. The molecule has 0 aromatic heterocycles. The molecule has 0 spiro atoms. The van der Waals surface area contributed by atoms with E-state index in [-0.39, 0.29) is 42.9 Å². The summed E-state index contributed by atoms with van der Waals surface area (Å²) in [7, 11) is 0. The Morgan fingerprint density at radius 1 is 1.13 bits per heavy atom. The standard InChI is InChI=1S/C23H30F2N2O4/c1-3-31-22(30)23(14-18-5-6-19(24)13-20(18)25)9-4-10-27(15-23)21(29)17-7-11-26(12-8-17)16(2)28/h5-6,13,17H,3-4,7-12,14-15H2,1-2H3/t23-/m1/s1. The number of amides is 2. The van der Waals surface area contributed by atoms with Crippen molar-refractivity contribution >= 4 is 17.8 Å². The fourth-order valence-corrected chi connectivity index (χ4v) is 4.72. The molecule has 0 radical (unpaired) electrons. The number of carbonyl (C=O) groups excluding carboxylic acids is 3. The van der Waals surface area contributed by atoms with Crippen molar-refractivity contribution in [2.24, 2.45) is 11.3 Å². The van der Waals surface area contributed by atoms with Gasteiger partial charge < -0.3 is 14.5 Å². The molecule has 1 aromatic rings. The molecular formula is C23H30F2N2O4. The SMILES string of the molecule is CCOC(=O)[C@@]1(Cc2ccc(F)cc2F)CCCN(C(=O)C2CCN(C(C)=O)CC2)C1. The number of likely N-dealkylation sites (tertiary alicyclic amines) is 2. The first-order valence-corrected chi connectivity index (χ1v) is 10.9. The summed E-state index contributed by atoms with van der Waals surface area (Å²) >= 11 is 0. The van der Waals surface area contributed by atoms with Gasteiger partial charge in [-0.15, -0.1) is 0 Å². The average molecular weight is 436 g/mol. The van der Waals surface area contributed by atoms with Crippen molar-refractivity contribution in [3.8, 4) is 0 Å². The van der Waals surface area contributed by atoms with Crippen molar-refractivity contribution in [1.29, 1.82) is 0 Å². The van der Waals surface area contributed by atoms with E-state index in [0.29, 0.717) is 45.3 Å². The Kier molecular flexibility index (Phi) is 7.28. The molecule has 8 heteroatoms. The number of benzene rings is 1. The predicted octanol–water partition coefficient (Wildman–Crippen LogP) is 2.94. The van der Waals surface area contributed by atoms with Crippen LogP contribution in [-0.2, 0) is 25.5 Å². The van der Waals surface area contributed by atoms with Crippen LogP contribution >= 0.6 is 0 Å². The maximum Gasteiger partial charge on any atom is 0.314 e. The first kappa shape index (κ1) is 23.2. The second-order valence-corrected chi connectivity index (χ2v) is 8.56. The summed E-state index contributed by atoms with van der Waals surface area (Å²) in [6.45, 7) is 5.18. The highest BCUT2D eigenvalue weighted by molar-refractivity contribution is 5.82. The number of hydrogen-bond acceptors (Lipinski definition) is 4. The fourth-order valence-electron chi connectivity index (χ4n) is 4.72. The van der Waals surface area contributed by atoms with E-state index in [1.807, 2.05) is 0 Å². The summed E-state index contributed by atoms with van der Waals surface area (Å²) < 4.78 is 33.0. The Labute approximate surface area is 181 Å². The lowest BCUT2D eigenvalue weighted by atomic mass is 9.74. The summed E-state index contributed by atoms with van der Waals surface area (Å²) in [6.07, 6.45) is 2.29. The van der Waals surface area contributed by atoms with Crippen LogP contribution in [0, 0.1) is 23.0 Å². The lowest BCUT2D eigenvalue weighted by Gasteiger charge is -2.43. The molecule has 3 rings (SSSR count). The van der Waals surface area contributed by atoms with Crippen molar-refractivity contribution in [1.82, 2.24) is 9.80 Å². The molecule has 2 saturated heterocycles. The number of carbonyl (C=O) groups is 3. The van der Waals surface area contributed by atoms with Crippen LogP contribution in [0.3, 0.4) is 0 Å². The van der Waals surface area contributed by atoms with Crippen molar-refractivity contribution in [2.45, 2.75) is 46.0 Å². The Balaban J connectivity index is 1.78. The van der Waals surface area contributed by atoms with E-state index in [1.165, 1.54) is 19.1 Å². The van der Waals surface area contributed by atoms with Gasteiger partial charge in [-0.2, -0.15) is 0 Å². The van der Waals surface area contributed by atoms with Crippen LogP contribution in [0.2, 0.25) is 0 Å². The second kappa shape index (κ2) is 9.75. The van der Waals surface area contributed by atoms with Gasteiger partial charge in [0.1, 0.15) is 11.6 Å². The third kappa shape index (κ3) is 5.22. The zero-order valence-electron chi connectivity index (χ0n) is 18.2. The molecule has 0 bridgehead atoms. The molecule has 2 aliphatic heterocycles. The van der Waals surface area contributed by atoms with Crippen molar-refractivity contribution in [2.75, 3.05) is 32.8 Å². The smallest absolute Gasteiger partial charge is 0.314 e. The Hall–Kier alpha value is -2.51. The number of halogens is 2. The summed E-state index contributed by atoms with van der Waals surface area (Å²) in [5.41, 5.74) is -0.832. The van der Waals surface area contributed by atoms with E-state index in [1.54, 1.807) is 16.7 Å². The zero-order chi connectivity index (χ0) is 22.6. The Bertz CT molecular complexity index is 839. The van der Waals surface area contributed by atoms with Gasteiger partial charge in [0.25, 0.3) is 0 Å². The molecule has 2 aliphatic rings. The van der Waals surface area contributed by atoms with E-state index in [0.717, 1.165) is 6.07 Å². The van der Waals surface area contributed by atoms with Gasteiger partial charge in [0.05, 0.1) is 12.0 Å². The number of hydrogen-bond donors (Lipinski definition) is 0. The van der Waals surface area contributed by atoms with Crippen LogP contribution in [0.4, 0.5) is 8.78 Å². The number of piperidine rings is 2. The molecule has 2 heterocycles. The topological polar surface area (TPSA) is 66.9 Å². The highest BCUT2D eigenvalue weighted by Gasteiger charge is 2.46. The van der Waals surface area contributed by atoms with Crippen LogP contribution < -0.4 is 0 Å². The van der Waals surface area contributed by atoms with E-state index in [9.17, 15) is 23.2 Å². The largest absolute Gasteiger partial charge is 0.466 e. The van der Waals surface area contributed by atoms with Gasteiger partial charge >= 0.3 is 5.97 Å². The minimum absolute atomic E-state index is 0.00604. The maximum atomic E-state index is 14.4. The number of ether oxygens (including phenoxy) is 1. The first-order valence-electron chi connectivity index (χ1n) is 10.9. The summed E-state index contributed by atoms with van der Waals surface area (Å²) in [5.74, 6) is -2.06. The maximum absolute atomic E-state index is 14.4. The molecule has 0 aliphatic carbocycles. The minimum atomic E-state index is -1.07. The Morgan fingerprint density at radius 3 is 2.45 bits per heavy atom. The van der Waals surface area contributed by atoms with Crippen LogP contribution in [0.1, 0.15) is 45.1 Å². The molecule has 0 unspecified atom stereocenters. The van der Waals surface area contributed by atoms with Crippen LogP contribution in [-0.4, -0.2) is 60.4 Å². The molecule has 2 amide bonds. The molecule has 0 saturated carbocycles. The molecule has 31 heavy (non-hydrogen) atoms. The Morgan fingerprint density at radius 2 is 1.84 bits per heavy atom. The van der Waals surface area contributed by atoms with E-state index >= 15 is 0 Å². The van der Waals surface area contributed by atoms with Crippen LogP contribution in [0.25, 0.3) is 0 Å². The molecule has 1 atom stereocenters. The minimum Gasteiger partial charge on any atom is -0.466 e. The van der Waals surface area contributed by atoms with Gasteiger partial charge in [0, 0.05) is 45.1 Å². The monoisotopic (exact) mass is 436 g/mol. The number of rotatable bonds is 5. The fraction of sp³-hybridized carbons (Fsp3) is 0.609. The van der Waals surface area contributed by atoms with Crippen LogP contribution in [0.15, 0.2) is 18.2 Å². The third-order valence-electron chi connectivity index (χ3n) is 6.43. The lowest BCUT2D eigenvalue weighted by Crippen LogP contribution is -2.54. The van der Waals surface area contributed by atoms with Crippen molar-refractivity contribution in [3.05, 3.63) is 35.4 Å². The number of esters is 1. The normalized spacial score (nSPS) is 22.3. The molecule has 2 fully saturated rings. The van der Waals surface area contributed by atoms with Gasteiger partial charge in [-0.3, -0.25) is 14.4 Å². The van der Waals surface area contributed by atoms with Gasteiger partial charge in [-0.1, -0.05) is 6.07 Å². The summed E-state index contributed by atoms with van der Waals surface area (Å²) in [5, 5.41) is 0. The molecule has 1 aromatic carbocycles. The average Bonchev–Trinajstić information content (AvgIpc) is 2.75. The predicted molar refractivity (Wildman–Crippen MR) is 110 cm³/mol. The molecule has 0 N–H and O–H groups in total. The lowest BCUT2D eigenvalue weighted by molar-refractivity contribution is -0.162. The second-order valence-electron chi connectivity index (χ2n) is 8.56. The summed E-state index contributed by atoms with van der Waals surface area (Å²) in [4.78, 5) is 41.1. The van der Waals surface area contributed by atoms with Gasteiger partial charge in [-0.25, -0.2) is 8.78 Å². The third-order valence-corrected chi connectivity index (χ3v) is 6.43. The highest BCUT2D eigenvalue weighted by atomic mass is 19.1.